The van der Waals surface area contributed by atoms with Crippen molar-refractivity contribution >= 4 is 38.9 Å². The summed E-state index contributed by atoms with van der Waals surface area (Å²) in [6.07, 6.45) is 3.31. The van der Waals surface area contributed by atoms with Crippen LogP contribution in [0, 0.1) is 0 Å². The summed E-state index contributed by atoms with van der Waals surface area (Å²) in [4.78, 5) is 28.9. The summed E-state index contributed by atoms with van der Waals surface area (Å²) < 4.78 is 2.22. The monoisotopic (exact) mass is 403 g/mol. The van der Waals surface area contributed by atoms with Gasteiger partial charge in [-0.25, -0.2) is 4.98 Å². The van der Waals surface area contributed by atoms with E-state index in [-0.39, 0.29) is 11.1 Å². The second kappa shape index (κ2) is 7.11. The molecule has 0 radical (unpaired) electrons. The topological polar surface area (TPSA) is 64.0 Å². The number of carbonyl (C=O) groups excluding carboxylic acids is 1. The van der Waals surface area contributed by atoms with Gasteiger partial charge in [0.2, 0.25) is 5.43 Å². The fourth-order valence-electron chi connectivity index (χ4n) is 2.14. The molecule has 2 aromatic heterocycles. The molecule has 3 rings (SSSR count). The molecule has 1 aromatic carbocycles. The molecule has 5 nitrogen and oxygen atoms in total. The third kappa shape index (κ3) is 3.47. The van der Waals surface area contributed by atoms with Gasteiger partial charge < -0.3 is 9.88 Å². The largest absolute Gasteiger partial charge is 0.351 e. The molecular weight excluding hydrogens is 390 g/mol. The molecule has 0 aliphatic carbocycles. The lowest BCUT2D eigenvalue weighted by Gasteiger charge is -2.08. The summed E-state index contributed by atoms with van der Waals surface area (Å²) in [5.41, 5.74) is 1.22. The Bertz CT molecular complexity index is 935. The first-order valence-corrected chi connectivity index (χ1v) is 8.97. The molecule has 2 heterocycles. The molecular formula is C17H14BrN3O2S. The summed E-state index contributed by atoms with van der Waals surface area (Å²) >= 11 is 4.61. The van der Waals surface area contributed by atoms with E-state index < -0.39 is 5.91 Å². The van der Waals surface area contributed by atoms with Crippen molar-refractivity contribution in [1.82, 2.24) is 9.55 Å². The molecule has 0 atom stereocenters. The standard InChI is InChI=1S/C17H14BrN3O2S/c1-2-21-8-12(18)15(22)13(9-21)19-16(23)14-10-24-17(20-14)11-6-4-3-5-7-11/h3-10H,2H2,1H3,(H,19,23). The van der Waals surface area contributed by atoms with Gasteiger partial charge in [-0.2, -0.15) is 0 Å². The Balaban J connectivity index is 1.85. The maximum absolute atomic E-state index is 12.4. The van der Waals surface area contributed by atoms with Crippen molar-refractivity contribution in [2.24, 2.45) is 0 Å². The van der Waals surface area contributed by atoms with E-state index in [1.165, 1.54) is 11.3 Å². The SMILES string of the molecule is CCn1cc(Br)c(=O)c(NC(=O)c2csc(-c3ccccc3)n2)c1. The maximum Gasteiger partial charge on any atom is 0.275 e. The molecule has 7 heteroatoms. The molecule has 24 heavy (non-hydrogen) atoms. The second-order valence-corrected chi connectivity index (χ2v) is 6.75. The van der Waals surface area contributed by atoms with Crippen LogP contribution in [0.4, 0.5) is 5.69 Å². The summed E-state index contributed by atoms with van der Waals surface area (Å²) in [5.74, 6) is -0.397. The molecule has 0 unspecified atom stereocenters. The zero-order chi connectivity index (χ0) is 17.1. The number of nitrogens with zero attached hydrogens (tertiary/aromatic N) is 2. The average Bonchev–Trinajstić information content (AvgIpc) is 3.09. The van der Waals surface area contributed by atoms with Crippen LogP contribution in [0.25, 0.3) is 10.6 Å². The van der Waals surface area contributed by atoms with Crippen LogP contribution in [0.15, 0.2) is 57.4 Å². The van der Waals surface area contributed by atoms with Crippen molar-refractivity contribution in [3.63, 3.8) is 0 Å². The molecule has 0 bridgehead atoms. The number of thiazole rings is 1. The fourth-order valence-corrected chi connectivity index (χ4v) is 3.43. The van der Waals surface area contributed by atoms with Crippen LogP contribution in [0.3, 0.4) is 0 Å². The number of carbonyl (C=O) groups is 1. The van der Waals surface area contributed by atoms with Crippen LogP contribution >= 0.6 is 27.3 Å². The van der Waals surface area contributed by atoms with Crippen LogP contribution in [0.5, 0.6) is 0 Å². The Kier molecular flexibility index (Phi) is 4.92. The molecule has 0 aliphatic heterocycles. The van der Waals surface area contributed by atoms with E-state index in [0.29, 0.717) is 16.7 Å². The molecule has 3 aromatic rings. The van der Waals surface area contributed by atoms with E-state index in [1.54, 1.807) is 17.8 Å². The number of hydrogen-bond donors (Lipinski definition) is 1. The van der Waals surface area contributed by atoms with Crippen LogP contribution in [0.2, 0.25) is 0 Å². The molecule has 0 spiro atoms. The third-order valence-electron chi connectivity index (χ3n) is 3.41. The van der Waals surface area contributed by atoms with Gasteiger partial charge in [0.15, 0.2) is 0 Å². The van der Waals surface area contributed by atoms with Crippen molar-refractivity contribution < 1.29 is 4.79 Å². The van der Waals surface area contributed by atoms with Gasteiger partial charge in [-0.15, -0.1) is 11.3 Å². The number of anilines is 1. The smallest absolute Gasteiger partial charge is 0.275 e. The highest BCUT2D eigenvalue weighted by atomic mass is 79.9. The first kappa shape index (κ1) is 16.6. The highest BCUT2D eigenvalue weighted by molar-refractivity contribution is 9.10. The van der Waals surface area contributed by atoms with Gasteiger partial charge in [0.1, 0.15) is 16.4 Å². The van der Waals surface area contributed by atoms with E-state index in [2.05, 4.69) is 26.2 Å². The number of halogens is 1. The highest BCUT2D eigenvalue weighted by Gasteiger charge is 2.14. The van der Waals surface area contributed by atoms with Gasteiger partial charge >= 0.3 is 0 Å². The molecule has 0 fully saturated rings. The quantitative estimate of drug-likeness (QED) is 0.715. The van der Waals surface area contributed by atoms with Crippen molar-refractivity contribution in [1.29, 1.82) is 0 Å². The van der Waals surface area contributed by atoms with Gasteiger partial charge in [0.25, 0.3) is 5.91 Å². The van der Waals surface area contributed by atoms with Gasteiger partial charge in [-0.3, -0.25) is 9.59 Å². The minimum absolute atomic E-state index is 0.227. The predicted octanol–water partition coefficient (Wildman–Crippen LogP) is 4.01. The Morgan fingerprint density at radius 3 is 2.75 bits per heavy atom. The Morgan fingerprint density at radius 1 is 1.29 bits per heavy atom. The van der Waals surface area contributed by atoms with E-state index in [1.807, 2.05) is 41.8 Å². The van der Waals surface area contributed by atoms with Gasteiger partial charge in [0.05, 0.1) is 4.47 Å². The number of amides is 1. The van der Waals surface area contributed by atoms with Crippen molar-refractivity contribution in [2.75, 3.05) is 5.32 Å². The summed E-state index contributed by atoms with van der Waals surface area (Å²) in [6.45, 7) is 2.64. The van der Waals surface area contributed by atoms with Crippen molar-refractivity contribution in [2.45, 2.75) is 13.5 Å². The first-order valence-electron chi connectivity index (χ1n) is 7.30. The molecule has 1 N–H and O–H groups in total. The third-order valence-corrected chi connectivity index (χ3v) is 4.86. The lowest BCUT2D eigenvalue weighted by atomic mass is 10.2. The maximum atomic E-state index is 12.4. The Hall–Kier alpha value is -2.25. The minimum Gasteiger partial charge on any atom is -0.351 e. The number of rotatable bonds is 4. The van der Waals surface area contributed by atoms with Gasteiger partial charge in [0, 0.05) is 29.9 Å². The normalized spacial score (nSPS) is 10.6. The summed E-state index contributed by atoms with van der Waals surface area (Å²) in [6, 6.07) is 9.65. The molecule has 0 saturated heterocycles. The minimum atomic E-state index is -0.397. The predicted molar refractivity (Wildman–Crippen MR) is 99.6 cm³/mol. The zero-order valence-electron chi connectivity index (χ0n) is 12.8. The van der Waals surface area contributed by atoms with E-state index in [0.717, 1.165) is 10.6 Å². The van der Waals surface area contributed by atoms with E-state index in [9.17, 15) is 9.59 Å². The van der Waals surface area contributed by atoms with Crippen molar-refractivity contribution in [3.05, 3.63) is 68.5 Å². The number of nitrogens with one attached hydrogen (secondary N) is 1. The van der Waals surface area contributed by atoms with Crippen LogP contribution in [-0.2, 0) is 6.54 Å². The van der Waals surface area contributed by atoms with Crippen molar-refractivity contribution in [3.8, 4) is 10.6 Å². The van der Waals surface area contributed by atoms with Crippen LogP contribution < -0.4 is 10.7 Å². The molecule has 122 valence electrons. The molecule has 0 aliphatic rings. The van der Waals surface area contributed by atoms with Gasteiger partial charge in [-0.1, -0.05) is 30.3 Å². The Morgan fingerprint density at radius 2 is 2.04 bits per heavy atom. The van der Waals surface area contributed by atoms with E-state index >= 15 is 0 Å². The van der Waals surface area contributed by atoms with Crippen LogP contribution in [0.1, 0.15) is 17.4 Å². The summed E-state index contributed by atoms with van der Waals surface area (Å²) in [5, 5.41) is 5.10. The molecule has 1 amide bonds. The van der Waals surface area contributed by atoms with E-state index in [4.69, 9.17) is 0 Å². The van der Waals surface area contributed by atoms with Gasteiger partial charge in [-0.05, 0) is 22.9 Å². The molecule has 0 saturated carbocycles. The second-order valence-electron chi connectivity index (χ2n) is 5.04. The Labute approximate surface area is 151 Å². The fraction of sp³-hybridized carbons (Fsp3) is 0.118. The van der Waals surface area contributed by atoms with Crippen LogP contribution in [-0.4, -0.2) is 15.5 Å². The zero-order valence-corrected chi connectivity index (χ0v) is 15.2. The number of aryl methyl sites for hydroxylation is 1. The highest BCUT2D eigenvalue weighted by Crippen LogP contribution is 2.23. The lowest BCUT2D eigenvalue weighted by molar-refractivity contribution is 0.102. The first-order chi connectivity index (χ1) is 11.6. The number of benzene rings is 1. The number of aromatic nitrogens is 2. The number of hydrogen-bond acceptors (Lipinski definition) is 4. The number of pyridine rings is 1. The lowest BCUT2D eigenvalue weighted by Crippen LogP contribution is -2.20. The average molecular weight is 404 g/mol. The summed E-state index contributed by atoms with van der Waals surface area (Å²) in [7, 11) is 0.